The Morgan fingerprint density at radius 2 is 2.04 bits per heavy atom. The standard InChI is InChI=1S/C18H25N3O4/c1-2-7-15-19-16(25-20-15)14-10-5-6-11-21(14)17(22)12-8-3-4-9-13(12)18(23)24/h3-4,12-14H,2,5-11H2,1H3,(H,23,24). The van der Waals surface area contributed by atoms with Crippen molar-refractivity contribution in [3.8, 4) is 0 Å². The molecular weight excluding hydrogens is 322 g/mol. The Balaban J connectivity index is 1.80. The van der Waals surface area contributed by atoms with Crippen molar-refractivity contribution in [3.63, 3.8) is 0 Å². The zero-order valence-electron chi connectivity index (χ0n) is 14.6. The average molecular weight is 347 g/mol. The van der Waals surface area contributed by atoms with E-state index >= 15 is 0 Å². The lowest BCUT2D eigenvalue weighted by atomic mass is 9.81. The van der Waals surface area contributed by atoms with Crippen LogP contribution in [0.2, 0.25) is 0 Å². The molecule has 3 unspecified atom stereocenters. The van der Waals surface area contributed by atoms with Crippen molar-refractivity contribution in [2.24, 2.45) is 11.8 Å². The van der Waals surface area contributed by atoms with Crippen LogP contribution in [-0.2, 0) is 16.0 Å². The number of amides is 1. The van der Waals surface area contributed by atoms with Crippen molar-refractivity contribution in [1.29, 1.82) is 0 Å². The molecule has 3 atom stereocenters. The molecule has 25 heavy (non-hydrogen) atoms. The van der Waals surface area contributed by atoms with Gasteiger partial charge >= 0.3 is 5.97 Å². The number of aliphatic carboxylic acids is 1. The van der Waals surface area contributed by atoms with Crippen LogP contribution >= 0.6 is 0 Å². The molecule has 0 radical (unpaired) electrons. The molecule has 2 aliphatic rings. The van der Waals surface area contributed by atoms with Crippen molar-refractivity contribution < 1.29 is 19.2 Å². The van der Waals surface area contributed by atoms with Crippen LogP contribution in [0.4, 0.5) is 0 Å². The normalized spacial score (nSPS) is 26.6. The van der Waals surface area contributed by atoms with Gasteiger partial charge in [0.1, 0.15) is 6.04 Å². The van der Waals surface area contributed by atoms with Crippen LogP contribution in [0.1, 0.15) is 63.2 Å². The molecule has 7 heteroatoms. The molecular formula is C18H25N3O4. The predicted molar refractivity (Wildman–Crippen MR) is 89.6 cm³/mol. The summed E-state index contributed by atoms with van der Waals surface area (Å²) in [4.78, 5) is 30.9. The van der Waals surface area contributed by atoms with Gasteiger partial charge in [0, 0.05) is 13.0 Å². The van der Waals surface area contributed by atoms with Gasteiger partial charge < -0.3 is 14.5 Å². The molecule has 0 spiro atoms. The van der Waals surface area contributed by atoms with Gasteiger partial charge in [-0.3, -0.25) is 9.59 Å². The number of hydrogen-bond acceptors (Lipinski definition) is 5. The third-order valence-electron chi connectivity index (χ3n) is 5.10. The summed E-state index contributed by atoms with van der Waals surface area (Å²) in [6.07, 6.45) is 9.01. The summed E-state index contributed by atoms with van der Waals surface area (Å²) in [5.74, 6) is -1.02. The van der Waals surface area contributed by atoms with Crippen molar-refractivity contribution in [1.82, 2.24) is 15.0 Å². The number of nitrogens with zero attached hydrogens (tertiary/aromatic N) is 3. The SMILES string of the molecule is CCCc1noc(C2CCCCN2C(=O)C2CC=CCC2C(=O)O)n1. The molecule has 1 amide bonds. The third-order valence-corrected chi connectivity index (χ3v) is 5.10. The molecule has 0 saturated carbocycles. The smallest absolute Gasteiger partial charge is 0.307 e. The maximum atomic E-state index is 13.1. The first-order valence-electron chi connectivity index (χ1n) is 9.12. The quantitative estimate of drug-likeness (QED) is 0.823. The summed E-state index contributed by atoms with van der Waals surface area (Å²) in [5, 5.41) is 13.5. The molecule has 1 saturated heterocycles. The van der Waals surface area contributed by atoms with E-state index in [4.69, 9.17) is 4.52 Å². The summed E-state index contributed by atoms with van der Waals surface area (Å²) in [6.45, 7) is 2.66. The summed E-state index contributed by atoms with van der Waals surface area (Å²) in [7, 11) is 0. The van der Waals surface area contributed by atoms with Gasteiger partial charge in [-0.15, -0.1) is 0 Å². The first-order chi connectivity index (χ1) is 12.1. The minimum atomic E-state index is -0.903. The minimum Gasteiger partial charge on any atom is -0.481 e. The van der Waals surface area contributed by atoms with Gasteiger partial charge in [0.25, 0.3) is 0 Å². The van der Waals surface area contributed by atoms with Crippen molar-refractivity contribution in [2.75, 3.05) is 6.54 Å². The topological polar surface area (TPSA) is 96.5 Å². The van der Waals surface area contributed by atoms with E-state index in [2.05, 4.69) is 17.1 Å². The summed E-state index contributed by atoms with van der Waals surface area (Å²) >= 11 is 0. The molecule has 1 fully saturated rings. The number of carboxylic acid groups (broad SMARTS) is 1. The lowest BCUT2D eigenvalue weighted by molar-refractivity contribution is -0.152. The van der Waals surface area contributed by atoms with Crippen LogP contribution in [0.3, 0.4) is 0 Å². The van der Waals surface area contributed by atoms with E-state index in [1.807, 2.05) is 12.2 Å². The van der Waals surface area contributed by atoms with Crippen molar-refractivity contribution in [3.05, 3.63) is 23.9 Å². The zero-order chi connectivity index (χ0) is 17.8. The Morgan fingerprint density at radius 1 is 1.28 bits per heavy atom. The lowest BCUT2D eigenvalue weighted by Gasteiger charge is -2.37. The Labute approximate surface area is 147 Å². The van der Waals surface area contributed by atoms with E-state index in [1.54, 1.807) is 4.90 Å². The van der Waals surface area contributed by atoms with E-state index in [-0.39, 0.29) is 11.9 Å². The second-order valence-electron chi connectivity index (χ2n) is 6.84. The van der Waals surface area contributed by atoms with E-state index in [0.717, 1.165) is 32.1 Å². The Kier molecular flexibility index (Phi) is 5.50. The van der Waals surface area contributed by atoms with Gasteiger partial charge in [-0.05, 0) is 38.5 Å². The molecule has 1 N–H and O–H groups in total. The van der Waals surface area contributed by atoms with Crippen LogP contribution in [0.25, 0.3) is 0 Å². The van der Waals surface area contributed by atoms with Crippen LogP contribution in [0, 0.1) is 11.8 Å². The highest BCUT2D eigenvalue weighted by atomic mass is 16.5. The van der Waals surface area contributed by atoms with Gasteiger partial charge in [0.2, 0.25) is 11.8 Å². The molecule has 1 aliphatic heterocycles. The van der Waals surface area contributed by atoms with Gasteiger partial charge in [-0.25, -0.2) is 0 Å². The Hall–Kier alpha value is -2.18. The number of allylic oxidation sites excluding steroid dienone is 2. The Morgan fingerprint density at radius 3 is 2.76 bits per heavy atom. The second kappa shape index (κ2) is 7.80. The lowest BCUT2D eigenvalue weighted by Crippen LogP contribution is -2.45. The number of rotatable bonds is 5. The van der Waals surface area contributed by atoms with Crippen LogP contribution in [0.5, 0.6) is 0 Å². The highest BCUT2D eigenvalue weighted by molar-refractivity contribution is 5.85. The number of carbonyl (C=O) groups is 2. The molecule has 0 bridgehead atoms. The minimum absolute atomic E-state index is 0.100. The summed E-state index contributed by atoms with van der Waals surface area (Å²) in [6, 6.07) is -0.236. The summed E-state index contributed by atoms with van der Waals surface area (Å²) < 4.78 is 5.41. The van der Waals surface area contributed by atoms with Crippen LogP contribution in [0.15, 0.2) is 16.7 Å². The molecule has 7 nitrogen and oxygen atoms in total. The fourth-order valence-corrected chi connectivity index (χ4v) is 3.75. The number of carbonyl (C=O) groups excluding carboxylic acids is 1. The molecule has 136 valence electrons. The fourth-order valence-electron chi connectivity index (χ4n) is 3.75. The van der Waals surface area contributed by atoms with E-state index < -0.39 is 17.8 Å². The van der Waals surface area contributed by atoms with Crippen molar-refractivity contribution in [2.45, 2.75) is 57.9 Å². The first kappa shape index (κ1) is 17.6. The number of aryl methyl sites for hydroxylation is 1. The van der Waals surface area contributed by atoms with E-state index in [0.29, 0.717) is 31.1 Å². The summed E-state index contributed by atoms with van der Waals surface area (Å²) in [5.41, 5.74) is 0. The van der Waals surface area contributed by atoms with Gasteiger partial charge in [0.05, 0.1) is 11.8 Å². The van der Waals surface area contributed by atoms with Gasteiger partial charge in [-0.1, -0.05) is 24.2 Å². The number of aromatic nitrogens is 2. The van der Waals surface area contributed by atoms with Crippen LogP contribution < -0.4 is 0 Å². The van der Waals surface area contributed by atoms with E-state index in [9.17, 15) is 14.7 Å². The maximum Gasteiger partial charge on any atom is 0.307 e. The number of piperidine rings is 1. The maximum absolute atomic E-state index is 13.1. The molecule has 1 aliphatic carbocycles. The molecule has 0 aromatic carbocycles. The number of hydrogen-bond donors (Lipinski definition) is 1. The molecule has 1 aromatic heterocycles. The molecule has 1 aromatic rings. The number of carboxylic acids is 1. The highest BCUT2D eigenvalue weighted by Gasteiger charge is 2.40. The Bertz CT molecular complexity index is 655. The zero-order valence-corrected chi connectivity index (χ0v) is 14.6. The largest absolute Gasteiger partial charge is 0.481 e. The third kappa shape index (κ3) is 3.75. The predicted octanol–water partition coefficient (Wildman–Crippen LogP) is 2.74. The number of likely N-dealkylation sites (tertiary alicyclic amines) is 1. The average Bonchev–Trinajstić information content (AvgIpc) is 3.10. The van der Waals surface area contributed by atoms with E-state index in [1.165, 1.54) is 0 Å². The fraction of sp³-hybridized carbons (Fsp3) is 0.667. The van der Waals surface area contributed by atoms with Gasteiger partial charge in [0.15, 0.2) is 5.82 Å². The van der Waals surface area contributed by atoms with Crippen LogP contribution in [-0.4, -0.2) is 38.6 Å². The molecule has 3 rings (SSSR count). The second-order valence-corrected chi connectivity index (χ2v) is 6.84. The van der Waals surface area contributed by atoms with Crippen molar-refractivity contribution >= 4 is 11.9 Å². The molecule has 2 heterocycles. The first-order valence-corrected chi connectivity index (χ1v) is 9.12. The highest BCUT2D eigenvalue weighted by Crippen LogP contribution is 2.35. The monoisotopic (exact) mass is 347 g/mol. The van der Waals surface area contributed by atoms with Gasteiger partial charge in [-0.2, -0.15) is 4.98 Å².